The zero-order valence-corrected chi connectivity index (χ0v) is 11.6. The molecule has 6 N–H and O–H groups in total. The van der Waals surface area contributed by atoms with Crippen molar-refractivity contribution in [3.63, 3.8) is 0 Å². The first-order valence-corrected chi connectivity index (χ1v) is 7.57. The van der Waals surface area contributed by atoms with Crippen LogP contribution in [0, 0.1) is 0 Å². The monoisotopic (exact) mass is 312 g/mol. The molecule has 0 aromatic rings. The third kappa shape index (κ3) is 105. The van der Waals surface area contributed by atoms with Gasteiger partial charge < -0.3 is 34.1 Å². The molecule has 0 atom stereocenters. The molecule has 0 amide bonds. The maximum Gasteiger partial charge on any atom is 0.466 e. The Morgan fingerprint density at radius 3 is 1.44 bits per heavy atom. The van der Waals surface area contributed by atoms with E-state index in [4.69, 9.17) is 38.5 Å². The Morgan fingerprint density at radius 1 is 1.00 bits per heavy atom. The number of phosphoric acid groups is 2. The minimum absolute atomic E-state index is 0.105. The van der Waals surface area contributed by atoms with Crippen molar-refractivity contribution in [2.24, 2.45) is 0 Å². The van der Waals surface area contributed by atoms with E-state index in [-0.39, 0.29) is 5.97 Å². The molecular formula is C6H18O10P2. The molecule has 112 valence electrons. The number of ether oxygens (including phenoxy) is 1. The summed E-state index contributed by atoms with van der Waals surface area (Å²) in [6.07, 6.45) is 2.55. The van der Waals surface area contributed by atoms with Crippen LogP contribution in [0.5, 0.6) is 0 Å². The van der Waals surface area contributed by atoms with E-state index in [1.54, 1.807) is 0 Å². The van der Waals surface area contributed by atoms with E-state index in [1.807, 2.05) is 6.92 Å². The quantitative estimate of drug-likeness (QED) is 0.293. The van der Waals surface area contributed by atoms with Crippen LogP contribution < -0.4 is 0 Å². The van der Waals surface area contributed by atoms with Crippen LogP contribution in [-0.4, -0.2) is 42.4 Å². The lowest BCUT2D eigenvalue weighted by atomic mass is 10.3. The summed E-state index contributed by atoms with van der Waals surface area (Å²) in [5.74, 6) is -0.105. The van der Waals surface area contributed by atoms with Crippen LogP contribution in [0.3, 0.4) is 0 Å². The van der Waals surface area contributed by atoms with E-state index < -0.39 is 15.6 Å². The molecular weight excluding hydrogens is 294 g/mol. The fourth-order valence-corrected chi connectivity index (χ4v) is 0.423. The molecule has 0 aliphatic carbocycles. The lowest BCUT2D eigenvalue weighted by molar-refractivity contribution is -0.140. The third-order valence-electron chi connectivity index (χ3n) is 0.962. The molecule has 0 aliphatic heterocycles. The van der Waals surface area contributed by atoms with Gasteiger partial charge in [-0.1, -0.05) is 13.3 Å². The minimum atomic E-state index is -4.64. The van der Waals surface area contributed by atoms with E-state index in [2.05, 4.69) is 4.74 Å². The van der Waals surface area contributed by atoms with Crippen LogP contribution in [0.2, 0.25) is 0 Å². The van der Waals surface area contributed by atoms with Gasteiger partial charge in [0.25, 0.3) is 0 Å². The standard InChI is InChI=1S/C6H12O2.2H3O4P/c1-3-4-5-6(7)8-2;2*1-5(2,3)4/h3-5H2,1-2H3;2*(H3,1,2,3,4). The Balaban J connectivity index is -0.000000197. The van der Waals surface area contributed by atoms with Gasteiger partial charge in [0.1, 0.15) is 0 Å². The zero-order chi connectivity index (χ0) is 15.4. The Hall–Kier alpha value is -0.310. The molecule has 0 radical (unpaired) electrons. The van der Waals surface area contributed by atoms with Gasteiger partial charge in [-0.3, -0.25) is 4.79 Å². The number of hydrogen-bond donors (Lipinski definition) is 6. The molecule has 0 rings (SSSR count). The summed E-state index contributed by atoms with van der Waals surface area (Å²) in [5.41, 5.74) is 0. The molecule has 10 nitrogen and oxygen atoms in total. The van der Waals surface area contributed by atoms with Crippen LogP contribution in [-0.2, 0) is 18.7 Å². The van der Waals surface area contributed by atoms with Crippen molar-refractivity contribution < 1.29 is 48.0 Å². The van der Waals surface area contributed by atoms with Crippen molar-refractivity contribution in [1.82, 2.24) is 0 Å². The van der Waals surface area contributed by atoms with Gasteiger partial charge in [-0.2, -0.15) is 0 Å². The lowest BCUT2D eigenvalue weighted by Crippen LogP contribution is -1.98. The number of methoxy groups -OCH3 is 1. The van der Waals surface area contributed by atoms with Crippen molar-refractivity contribution in [1.29, 1.82) is 0 Å². The van der Waals surface area contributed by atoms with Crippen molar-refractivity contribution in [2.75, 3.05) is 7.11 Å². The van der Waals surface area contributed by atoms with Gasteiger partial charge in [0.05, 0.1) is 7.11 Å². The van der Waals surface area contributed by atoms with Gasteiger partial charge in [-0.05, 0) is 6.42 Å². The van der Waals surface area contributed by atoms with Gasteiger partial charge in [0.15, 0.2) is 0 Å². The Bertz CT molecular complexity index is 254. The highest BCUT2D eigenvalue weighted by molar-refractivity contribution is 7.45. The number of unbranched alkanes of at least 4 members (excludes halogenated alkanes) is 1. The van der Waals surface area contributed by atoms with E-state index >= 15 is 0 Å². The van der Waals surface area contributed by atoms with Crippen LogP contribution in [0.1, 0.15) is 26.2 Å². The second-order valence-electron chi connectivity index (χ2n) is 2.71. The van der Waals surface area contributed by atoms with E-state index in [0.29, 0.717) is 6.42 Å². The average molecular weight is 312 g/mol. The summed E-state index contributed by atoms with van der Waals surface area (Å²) in [6.45, 7) is 2.04. The second kappa shape index (κ2) is 11.8. The molecule has 0 heterocycles. The third-order valence-corrected chi connectivity index (χ3v) is 0.962. The van der Waals surface area contributed by atoms with Gasteiger partial charge >= 0.3 is 21.6 Å². The molecule has 0 aromatic carbocycles. The highest BCUT2D eigenvalue weighted by atomic mass is 31.2. The van der Waals surface area contributed by atoms with E-state index in [9.17, 15) is 4.79 Å². The molecule has 0 saturated carbocycles. The molecule has 18 heavy (non-hydrogen) atoms. The molecule has 0 aliphatic rings. The molecule has 0 aromatic heterocycles. The predicted molar refractivity (Wildman–Crippen MR) is 60.1 cm³/mol. The number of hydrogen-bond acceptors (Lipinski definition) is 4. The molecule has 0 spiro atoms. The Morgan fingerprint density at radius 2 is 1.28 bits per heavy atom. The Labute approximate surface area is 104 Å². The van der Waals surface area contributed by atoms with Gasteiger partial charge in [-0.15, -0.1) is 0 Å². The molecule has 0 fully saturated rings. The highest BCUT2D eigenvalue weighted by Crippen LogP contribution is 2.26. The summed E-state index contributed by atoms with van der Waals surface area (Å²) < 4.78 is 22.2. The van der Waals surface area contributed by atoms with E-state index in [0.717, 1.165) is 12.8 Å². The first-order chi connectivity index (χ1) is 7.81. The van der Waals surface area contributed by atoms with Gasteiger partial charge in [-0.25, -0.2) is 9.13 Å². The smallest absolute Gasteiger partial charge is 0.466 e. The maximum atomic E-state index is 10.3. The second-order valence-corrected chi connectivity index (χ2v) is 4.76. The molecule has 0 saturated heterocycles. The largest absolute Gasteiger partial charge is 0.469 e. The first kappa shape index (κ1) is 22.8. The van der Waals surface area contributed by atoms with Crippen LogP contribution in [0.15, 0.2) is 0 Å². The van der Waals surface area contributed by atoms with Crippen molar-refractivity contribution in [3.8, 4) is 0 Å². The molecule has 0 bridgehead atoms. The van der Waals surface area contributed by atoms with Crippen LogP contribution >= 0.6 is 15.6 Å². The summed E-state index contributed by atoms with van der Waals surface area (Å²) in [5, 5.41) is 0. The molecule has 0 unspecified atom stereocenters. The first-order valence-electron chi connectivity index (χ1n) is 4.44. The molecule has 12 heteroatoms. The number of carbonyl (C=O) groups excluding carboxylic acids is 1. The number of rotatable bonds is 3. The predicted octanol–water partition coefficient (Wildman–Crippen LogP) is -0.508. The van der Waals surface area contributed by atoms with Crippen LogP contribution in [0.4, 0.5) is 0 Å². The number of carbonyl (C=O) groups is 1. The van der Waals surface area contributed by atoms with Crippen molar-refractivity contribution in [2.45, 2.75) is 26.2 Å². The topological polar surface area (TPSA) is 182 Å². The minimum Gasteiger partial charge on any atom is -0.469 e. The lowest BCUT2D eigenvalue weighted by Gasteiger charge is -1.93. The maximum absolute atomic E-state index is 10.3. The summed E-state index contributed by atoms with van der Waals surface area (Å²) in [7, 11) is -7.86. The van der Waals surface area contributed by atoms with Crippen LogP contribution in [0.25, 0.3) is 0 Å². The van der Waals surface area contributed by atoms with E-state index in [1.165, 1.54) is 7.11 Å². The SMILES string of the molecule is CCCCC(=O)OC.O=P(O)(O)O.O=P(O)(O)O. The summed E-state index contributed by atoms with van der Waals surface area (Å²) >= 11 is 0. The van der Waals surface area contributed by atoms with Gasteiger partial charge in [0.2, 0.25) is 0 Å². The highest BCUT2D eigenvalue weighted by Gasteiger charge is 2.00. The number of esters is 1. The summed E-state index contributed by atoms with van der Waals surface area (Å²) in [6, 6.07) is 0. The average Bonchev–Trinajstić information content (AvgIpc) is 2.08. The van der Waals surface area contributed by atoms with Crippen molar-refractivity contribution >= 4 is 21.6 Å². The van der Waals surface area contributed by atoms with Crippen molar-refractivity contribution in [3.05, 3.63) is 0 Å². The fourth-order valence-electron chi connectivity index (χ4n) is 0.423. The Kier molecular flexibility index (Phi) is 14.9. The summed E-state index contributed by atoms with van der Waals surface area (Å²) in [4.78, 5) is 53.5. The zero-order valence-electron chi connectivity index (χ0n) is 9.83. The van der Waals surface area contributed by atoms with Gasteiger partial charge in [0, 0.05) is 6.42 Å². The normalized spacial score (nSPS) is 10.4. The fraction of sp³-hybridized carbons (Fsp3) is 0.833.